The predicted molar refractivity (Wildman–Crippen MR) is 99.2 cm³/mol. The molecule has 138 valence electrons. The van der Waals surface area contributed by atoms with Crippen molar-refractivity contribution in [2.75, 3.05) is 19.6 Å². The molecule has 0 bridgehead atoms. The third-order valence-corrected chi connectivity index (χ3v) is 4.67. The highest BCUT2D eigenvalue weighted by molar-refractivity contribution is 7.89. The number of hydrogen-bond acceptors (Lipinski definition) is 4. The van der Waals surface area contributed by atoms with E-state index in [2.05, 4.69) is 15.4 Å². The van der Waals surface area contributed by atoms with Crippen molar-refractivity contribution >= 4 is 28.3 Å². The second kappa shape index (κ2) is 10.7. The molecule has 1 rings (SSSR count). The number of likely N-dealkylation sites (N-methyl/N-ethyl adjacent to an activating group) is 1. The van der Waals surface area contributed by atoms with Crippen LogP contribution in [0.15, 0.2) is 29.2 Å². The van der Waals surface area contributed by atoms with E-state index in [1.54, 1.807) is 0 Å². The number of sulfonamides is 1. The van der Waals surface area contributed by atoms with Gasteiger partial charge in [-0.25, -0.2) is 13.1 Å². The monoisotopic (exact) mass is 377 g/mol. The van der Waals surface area contributed by atoms with Gasteiger partial charge in [-0.3, -0.25) is 4.79 Å². The van der Waals surface area contributed by atoms with Gasteiger partial charge in [0.05, 0.1) is 4.90 Å². The van der Waals surface area contributed by atoms with Crippen LogP contribution in [0.2, 0.25) is 0 Å². The van der Waals surface area contributed by atoms with Gasteiger partial charge in [0.2, 0.25) is 10.0 Å². The molecule has 0 spiro atoms. The van der Waals surface area contributed by atoms with Gasteiger partial charge in [0.25, 0.3) is 5.91 Å². The van der Waals surface area contributed by atoms with E-state index in [-0.39, 0.29) is 35.2 Å². The summed E-state index contributed by atoms with van der Waals surface area (Å²) < 4.78 is 26.7. The fraction of sp³-hybridized carbons (Fsp3) is 0.562. The van der Waals surface area contributed by atoms with Gasteiger partial charge in [0.15, 0.2) is 0 Å². The van der Waals surface area contributed by atoms with Crippen LogP contribution in [0.1, 0.15) is 38.1 Å². The smallest absolute Gasteiger partial charge is 0.251 e. The maximum Gasteiger partial charge on any atom is 0.251 e. The van der Waals surface area contributed by atoms with E-state index in [0.29, 0.717) is 18.7 Å². The fourth-order valence-corrected chi connectivity index (χ4v) is 3.13. The van der Waals surface area contributed by atoms with E-state index in [1.165, 1.54) is 24.3 Å². The van der Waals surface area contributed by atoms with Crippen molar-refractivity contribution < 1.29 is 13.2 Å². The van der Waals surface area contributed by atoms with Crippen molar-refractivity contribution in [1.29, 1.82) is 0 Å². The molecule has 0 saturated heterocycles. The lowest BCUT2D eigenvalue weighted by atomic mass is 10.2. The van der Waals surface area contributed by atoms with E-state index >= 15 is 0 Å². The second-order valence-corrected chi connectivity index (χ2v) is 7.71. The Labute approximate surface area is 151 Å². The first kappa shape index (κ1) is 22.9. The first-order valence-corrected chi connectivity index (χ1v) is 9.36. The van der Waals surface area contributed by atoms with Crippen LogP contribution >= 0.6 is 12.4 Å². The molecule has 1 atom stereocenters. The van der Waals surface area contributed by atoms with Crippen LogP contribution in [0.4, 0.5) is 0 Å². The van der Waals surface area contributed by atoms with Crippen molar-refractivity contribution in [2.45, 2.75) is 38.6 Å². The van der Waals surface area contributed by atoms with Crippen LogP contribution in [0, 0.1) is 5.92 Å². The summed E-state index contributed by atoms with van der Waals surface area (Å²) in [6.45, 7) is 9.60. The minimum absolute atomic E-state index is 0. The summed E-state index contributed by atoms with van der Waals surface area (Å²) in [6.07, 6.45) is 0. The van der Waals surface area contributed by atoms with E-state index in [0.717, 1.165) is 6.54 Å². The predicted octanol–water partition coefficient (Wildman–Crippen LogP) is 1.77. The zero-order chi connectivity index (χ0) is 17.5. The largest absolute Gasteiger partial charge is 0.350 e. The second-order valence-electron chi connectivity index (χ2n) is 5.94. The Morgan fingerprint density at radius 1 is 1.08 bits per heavy atom. The van der Waals surface area contributed by atoms with Gasteiger partial charge in [0, 0.05) is 24.7 Å². The molecule has 0 fully saturated rings. The van der Waals surface area contributed by atoms with Crippen molar-refractivity contribution in [3.8, 4) is 0 Å². The summed E-state index contributed by atoms with van der Waals surface area (Å²) in [5.41, 5.74) is 0.441. The molecule has 1 aromatic carbocycles. The molecular formula is C16H28ClN3O3S. The molecule has 24 heavy (non-hydrogen) atoms. The number of amides is 1. The average Bonchev–Trinajstić information content (AvgIpc) is 2.51. The molecule has 3 N–H and O–H groups in total. The van der Waals surface area contributed by atoms with E-state index < -0.39 is 10.0 Å². The Morgan fingerprint density at radius 2 is 1.67 bits per heavy atom. The highest BCUT2D eigenvalue weighted by Gasteiger charge is 2.15. The highest BCUT2D eigenvalue weighted by Crippen LogP contribution is 2.11. The summed E-state index contributed by atoms with van der Waals surface area (Å²) in [7, 11) is -3.52. The van der Waals surface area contributed by atoms with Gasteiger partial charge in [0.1, 0.15) is 0 Å². The molecule has 1 aromatic rings. The van der Waals surface area contributed by atoms with Crippen LogP contribution in [-0.4, -0.2) is 40.0 Å². The number of hydrogen-bond donors (Lipinski definition) is 3. The normalized spacial score (nSPS) is 12.5. The number of nitrogens with one attached hydrogen (secondary N) is 3. The van der Waals surface area contributed by atoms with Gasteiger partial charge in [-0.1, -0.05) is 20.8 Å². The number of benzene rings is 1. The number of rotatable bonds is 9. The van der Waals surface area contributed by atoms with Crippen LogP contribution in [0.25, 0.3) is 0 Å². The van der Waals surface area contributed by atoms with Crippen molar-refractivity contribution in [1.82, 2.24) is 15.4 Å². The summed E-state index contributed by atoms with van der Waals surface area (Å²) >= 11 is 0. The molecule has 0 saturated carbocycles. The maximum absolute atomic E-state index is 12.1. The topological polar surface area (TPSA) is 87.3 Å². The number of halogens is 1. The quantitative estimate of drug-likeness (QED) is 0.612. The minimum atomic E-state index is -3.52. The molecule has 0 unspecified atom stereocenters. The number of carbonyl (C=O) groups excluding carboxylic acids is 1. The summed E-state index contributed by atoms with van der Waals surface area (Å²) in [4.78, 5) is 12.2. The van der Waals surface area contributed by atoms with E-state index in [4.69, 9.17) is 0 Å². The molecular weight excluding hydrogens is 350 g/mol. The molecule has 0 aliphatic heterocycles. The molecule has 0 heterocycles. The Bertz CT molecular complexity index is 603. The van der Waals surface area contributed by atoms with Gasteiger partial charge < -0.3 is 10.6 Å². The summed E-state index contributed by atoms with van der Waals surface area (Å²) in [5, 5.41) is 6.02. The van der Waals surface area contributed by atoms with Crippen LogP contribution < -0.4 is 15.4 Å². The lowest BCUT2D eigenvalue weighted by Crippen LogP contribution is -2.38. The lowest BCUT2D eigenvalue weighted by Gasteiger charge is -2.13. The van der Waals surface area contributed by atoms with Gasteiger partial charge in [-0.15, -0.1) is 12.4 Å². The molecule has 6 nitrogen and oxygen atoms in total. The van der Waals surface area contributed by atoms with Gasteiger partial charge in [-0.05, 0) is 43.7 Å². The van der Waals surface area contributed by atoms with Crippen molar-refractivity contribution in [2.24, 2.45) is 5.92 Å². The average molecular weight is 378 g/mol. The zero-order valence-electron chi connectivity index (χ0n) is 14.6. The van der Waals surface area contributed by atoms with Gasteiger partial charge >= 0.3 is 0 Å². The van der Waals surface area contributed by atoms with Crippen molar-refractivity contribution in [3.63, 3.8) is 0 Å². The number of carbonyl (C=O) groups is 1. The molecule has 0 aromatic heterocycles. The standard InChI is InChI=1S/C16H27N3O3S.ClH/c1-5-17-13(4)11-18-16(20)14-6-8-15(9-7-14)23(21,22)19-10-12(2)3;/h6-9,12-13,17,19H,5,10-11H2,1-4H3,(H,18,20);1H/t13-;/m1./s1. The van der Waals surface area contributed by atoms with Crippen molar-refractivity contribution in [3.05, 3.63) is 29.8 Å². The molecule has 0 radical (unpaired) electrons. The SMILES string of the molecule is CCN[C@H](C)CNC(=O)c1ccc(S(=O)(=O)NCC(C)C)cc1.Cl. The molecule has 8 heteroatoms. The van der Waals surface area contributed by atoms with E-state index in [9.17, 15) is 13.2 Å². The van der Waals surface area contributed by atoms with Crippen LogP contribution in [0.5, 0.6) is 0 Å². The molecule has 1 amide bonds. The summed E-state index contributed by atoms with van der Waals surface area (Å²) in [6, 6.07) is 6.13. The molecule has 0 aliphatic rings. The minimum Gasteiger partial charge on any atom is -0.350 e. The third kappa shape index (κ3) is 7.61. The lowest BCUT2D eigenvalue weighted by molar-refractivity contribution is 0.0950. The zero-order valence-corrected chi connectivity index (χ0v) is 16.3. The highest BCUT2D eigenvalue weighted by atomic mass is 35.5. The Balaban J connectivity index is 0.00000529. The first-order valence-electron chi connectivity index (χ1n) is 7.87. The third-order valence-electron chi connectivity index (χ3n) is 3.23. The van der Waals surface area contributed by atoms with E-state index in [1.807, 2.05) is 27.7 Å². The fourth-order valence-electron chi connectivity index (χ4n) is 1.91. The van der Waals surface area contributed by atoms with Crippen LogP contribution in [0.3, 0.4) is 0 Å². The molecule has 0 aliphatic carbocycles. The Kier molecular flexibility index (Phi) is 10.1. The first-order chi connectivity index (χ1) is 10.8. The van der Waals surface area contributed by atoms with Gasteiger partial charge in [-0.2, -0.15) is 0 Å². The summed E-state index contributed by atoms with van der Waals surface area (Å²) in [5.74, 6) is 0.0161. The maximum atomic E-state index is 12.1. The Hall–Kier alpha value is -1.15. The van der Waals surface area contributed by atoms with Crippen LogP contribution in [-0.2, 0) is 10.0 Å². The Morgan fingerprint density at radius 3 is 2.17 bits per heavy atom.